The average Bonchev–Trinajstić information content (AvgIpc) is 3.29. The minimum atomic E-state index is -0.784. The summed E-state index contributed by atoms with van der Waals surface area (Å²) in [6, 6.07) is 0.157. The molecule has 158 valence electrons. The molecule has 5 atom stereocenters. The van der Waals surface area contributed by atoms with Crippen molar-refractivity contribution in [3.63, 3.8) is 0 Å². The lowest BCUT2D eigenvalue weighted by molar-refractivity contribution is -0.161. The lowest BCUT2D eigenvalue weighted by Gasteiger charge is -2.49. The van der Waals surface area contributed by atoms with Gasteiger partial charge in [0.15, 0.2) is 11.4 Å². The maximum atomic E-state index is 12.7. The topological polar surface area (TPSA) is 65.1 Å². The maximum absolute atomic E-state index is 12.7. The van der Waals surface area contributed by atoms with Gasteiger partial charge in [0.2, 0.25) is 0 Å². The predicted octanol–water partition coefficient (Wildman–Crippen LogP) is 3.26. The summed E-state index contributed by atoms with van der Waals surface area (Å²) in [6.07, 6.45) is 6.19. The summed E-state index contributed by atoms with van der Waals surface area (Å²) in [7, 11) is 1.65. The van der Waals surface area contributed by atoms with E-state index in [2.05, 4.69) is 18.7 Å². The van der Waals surface area contributed by atoms with Crippen molar-refractivity contribution < 1.29 is 23.8 Å². The summed E-state index contributed by atoms with van der Waals surface area (Å²) in [5.41, 5.74) is 2.17. The Morgan fingerprint density at radius 1 is 1.21 bits per heavy atom. The van der Waals surface area contributed by atoms with E-state index >= 15 is 0 Å². The zero-order valence-corrected chi connectivity index (χ0v) is 17.9. The van der Waals surface area contributed by atoms with Gasteiger partial charge in [0, 0.05) is 18.4 Å². The number of esters is 2. The second-order valence-electron chi connectivity index (χ2n) is 9.56. The van der Waals surface area contributed by atoms with Gasteiger partial charge in [-0.1, -0.05) is 12.5 Å². The van der Waals surface area contributed by atoms with Gasteiger partial charge in [-0.15, -0.1) is 0 Å². The standard InChI is InChI=1S/C23H31NO5/c1-13-11-18(25)28-19(13)17-8-9-22-16(7-5-6-10-24(17)22)14(2)12-23(22)20(27-4)15(3)21(26)29-23/h13,17,19H,5-12H2,1-4H3/t13-,17-,19?,22-,23+/m0/s1. The summed E-state index contributed by atoms with van der Waals surface area (Å²) in [5, 5.41) is 0. The van der Waals surface area contributed by atoms with Crippen LogP contribution in [-0.4, -0.2) is 53.8 Å². The Labute approximate surface area is 172 Å². The van der Waals surface area contributed by atoms with E-state index < -0.39 is 5.60 Å². The molecule has 1 unspecified atom stereocenters. The van der Waals surface area contributed by atoms with E-state index in [4.69, 9.17) is 14.2 Å². The number of nitrogens with zero attached hydrogens (tertiary/aromatic N) is 1. The first-order valence-electron chi connectivity index (χ1n) is 11.0. The second kappa shape index (κ2) is 6.34. The van der Waals surface area contributed by atoms with Crippen LogP contribution in [0.1, 0.15) is 65.7 Å². The van der Waals surface area contributed by atoms with Crippen molar-refractivity contribution in [1.29, 1.82) is 0 Å². The summed E-state index contributed by atoms with van der Waals surface area (Å²) < 4.78 is 17.9. The van der Waals surface area contributed by atoms with Crippen molar-refractivity contribution in [1.82, 2.24) is 4.90 Å². The van der Waals surface area contributed by atoms with Crippen molar-refractivity contribution in [3.05, 3.63) is 22.5 Å². The van der Waals surface area contributed by atoms with Gasteiger partial charge >= 0.3 is 11.9 Å². The lowest BCUT2D eigenvalue weighted by Crippen LogP contribution is -2.63. The van der Waals surface area contributed by atoms with E-state index in [0.29, 0.717) is 24.2 Å². The molecule has 0 N–H and O–H groups in total. The lowest BCUT2D eigenvalue weighted by atomic mass is 9.74. The van der Waals surface area contributed by atoms with Crippen LogP contribution >= 0.6 is 0 Å². The molecule has 1 aliphatic carbocycles. The Morgan fingerprint density at radius 3 is 2.69 bits per heavy atom. The molecule has 29 heavy (non-hydrogen) atoms. The minimum Gasteiger partial charge on any atom is -0.496 e. The average molecular weight is 402 g/mol. The van der Waals surface area contributed by atoms with Gasteiger partial charge in [0.25, 0.3) is 0 Å². The molecular formula is C23H31NO5. The van der Waals surface area contributed by atoms with Crippen LogP contribution in [0.15, 0.2) is 22.5 Å². The van der Waals surface area contributed by atoms with Crippen molar-refractivity contribution in [2.45, 2.75) is 89.0 Å². The highest BCUT2D eigenvalue weighted by molar-refractivity contribution is 5.92. The van der Waals surface area contributed by atoms with Crippen LogP contribution in [0, 0.1) is 5.92 Å². The number of ether oxygens (including phenoxy) is 3. The monoisotopic (exact) mass is 401 g/mol. The molecule has 0 aromatic rings. The number of rotatable bonds is 2. The fourth-order valence-corrected chi connectivity index (χ4v) is 7.16. The van der Waals surface area contributed by atoms with E-state index in [1.807, 2.05) is 6.92 Å². The second-order valence-corrected chi connectivity index (χ2v) is 9.56. The SMILES string of the molecule is COC1=C(C)C(=O)O[C@]12CC(C)=C1CCCCN3[C@H](C4OC(=O)C[C@@H]4C)CC[C@@]132. The van der Waals surface area contributed by atoms with Crippen LogP contribution in [0.25, 0.3) is 0 Å². The number of hydrogen-bond acceptors (Lipinski definition) is 6. The van der Waals surface area contributed by atoms with Gasteiger partial charge in [-0.25, -0.2) is 4.79 Å². The van der Waals surface area contributed by atoms with E-state index in [9.17, 15) is 9.59 Å². The molecule has 0 amide bonds. The van der Waals surface area contributed by atoms with Crippen molar-refractivity contribution in [2.24, 2.45) is 5.92 Å². The van der Waals surface area contributed by atoms with Gasteiger partial charge in [-0.05, 0) is 58.1 Å². The maximum Gasteiger partial charge on any atom is 0.338 e. The normalized spacial score (nSPS) is 42.3. The highest BCUT2D eigenvalue weighted by Crippen LogP contribution is 2.63. The number of carbonyl (C=O) groups excluding carboxylic acids is 2. The van der Waals surface area contributed by atoms with Crippen LogP contribution in [0.2, 0.25) is 0 Å². The van der Waals surface area contributed by atoms with Crippen molar-refractivity contribution >= 4 is 11.9 Å². The van der Waals surface area contributed by atoms with Gasteiger partial charge in [0.05, 0.1) is 24.6 Å². The zero-order valence-electron chi connectivity index (χ0n) is 17.9. The van der Waals surface area contributed by atoms with Crippen LogP contribution < -0.4 is 0 Å². The zero-order chi connectivity index (χ0) is 20.6. The van der Waals surface area contributed by atoms with Gasteiger partial charge in [-0.3, -0.25) is 9.69 Å². The summed E-state index contributed by atoms with van der Waals surface area (Å²) in [5.74, 6) is 0.550. The quantitative estimate of drug-likeness (QED) is 0.523. The largest absolute Gasteiger partial charge is 0.496 e. The van der Waals surface area contributed by atoms with E-state index in [0.717, 1.165) is 38.6 Å². The molecule has 0 aromatic carbocycles. The van der Waals surface area contributed by atoms with Crippen molar-refractivity contribution in [3.8, 4) is 0 Å². The number of carbonyl (C=O) groups is 2. The first kappa shape index (κ1) is 19.2. The predicted molar refractivity (Wildman–Crippen MR) is 106 cm³/mol. The molecule has 3 saturated heterocycles. The summed E-state index contributed by atoms with van der Waals surface area (Å²) in [4.78, 5) is 27.3. The van der Waals surface area contributed by atoms with Crippen LogP contribution in [0.3, 0.4) is 0 Å². The van der Waals surface area contributed by atoms with Gasteiger partial charge in [-0.2, -0.15) is 0 Å². The Hall–Kier alpha value is -1.82. The molecule has 0 aromatic heterocycles. The molecule has 3 fully saturated rings. The molecule has 5 aliphatic rings. The third-order valence-corrected chi connectivity index (χ3v) is 8.15. The molecule has 6 nitrogen and oxygen atoms in total. The molecule has 0 radical (unpaired) electrons. The fraction of sp³-hybridized carbons (Fsp3) is 0.739. The van der Waals surface area contributed by atoms with Crippen molar-refractivity contribution in [2.75, 3.05) is 13.7 Å². The smallest absolute Gasteiger partial charge is 0.338 e. The van der Waals surface area contributed by atoms with Crippen LogP contribution in [-0.2, 0) is 23.8 Å². The molecule has 5 rings (SSSR count). The fourth-order valence-electron chi connectivity index (χ4n) is 7.16. The van der Waals surface area contributed by atoms with Crippen LogP contribution in [0.4, 0.5) is 0 Å². The Kier molecular flexibility index (Phi) is 4.19. The molecule has 0 saturated carbocycles. The third kappa shape index (κ3) is 2.27. The molecule has 6 heteroatoms. The third-order valence-electron chi connectivity index (χ3n) is 8.15. The summed E-state index contributed by atoms with van der Waals surface area (Å²) >= 11 is 0. The van der Waals surface area contributed by atoms with Crippen LogP contribution in [0.5, 0.6) is 0 Å². The molecule has 2 spiro atoms. The Morgan fingerprint density at radius 2 is 2.00 bits per heavy atom. The first-order chi connectivity index (χ1) is 13.9. The number of methoxy groups -OCH3 is 1. The van der Waals surface area contributed by atoms with E-state index in [-0.39, 0.29) is 35.5 Å². The summed E-state index contributed by atoms with van der Waals surface area (Å²) in [6.45, 7) is 7.05. The molecular weight excluding hydrogens is 370 g/mol. The number of cyclic esters (lactones) is 1. The number of hydrogen-bond donors (Lipinski definition) is 0. The van der Waals surface area contributed by atoms with E-state index in [1.54, 1.807) is 7.11 Å². The highest BCUT2D eigenvalue weighted by Gasteiger charge is 2.72. The first-order valence-corrected chi connectivity index (χ1v) is 11.0. The van der Waals surface area contributed by atoms with Gasteiger partial charge < -0.3 is 14.2 Å². The highest BCUT2D eigenvalue weighted by atomic mass is 16.6. The van der Waals surface area contributed by atoms with Gasteiger partial charge in [0.1, 0.15) is 6.10 Å². The minimum absolute atomic E-state index is 0.0904. The Balaban J connectivity index is 1.66. The molecule has 4 aliphatic heterocycles. The molecule has 0 bridgehead atoms. The Bertz CT molecular complexity index is 844. The van der Waals surface area contributed by atoms with E-state index in [1.165, 1.54) is 11.1 Å². The molecule has 4 heterocycles.